The second-order valence-corrected chi connectivity index (χ2v) is 6.46. The van der Waals surface area contributed by atoms with E-state index in [1.165, 1.54) is 30.3 Å². The zero-order valence-corrected chi connectivity index (χ0v) is 11.9. The van der Waals surface area contributed by atoms with E-state index in [-0.39, 0.29) is 5.56 Å². The van der Waals surface area contributed by atoms with Gasteiger partial charge in [0, 0.05) is 0 Å². The highest BCUT2D eigenvalue weighted by Crippen LogP contribution is 2.38. The molecular formula is C15H10F3NO2S. The molecule has 114 valence electrons. The Morgan fingerprint density at radius 2 is 1.50 bits per heavy atom. The Balaban J connectivity index is 2.64. The Kier molecular flexibility index (Phi) is 4.24. The van der Waals surface area contributed by atoms with Gasteiger partial charge in [-0.15, -0.1) is 0 Å². The average molecular weight is 325 g/mol. The molecule has 0 aliphatic rings. The van der Waals surface area contributed by atoms with Crippen LogP contribution in [0.15, 0.2) is 59.5 Å². The maximum Gasteiger partial charge on any atom is 0.417 e. The molecule has 22 heavy (non-hydrogen) atoms. The molecule has 1 unspecified atom stereocenters. The summed E-state index contributed by atoms with van der Waals surface area (Å²) < 4.78 is 64.0. The SMILES string of the molecule is N#CC(c1ccccc1)S(=O)(=O)c1ccccc1C(F)(F)F. The fourth-order valence-electron chi connectivity index (χ4n) is 2.03. The van der Waals surface area contributed by atoms with Gasteiger partial charge in [0.25, 0.3) is 0 Å². The van der Waals surface area contributed by atoms with Gasteiger partial charge in [-0.1, -0.05) is 42.5 Å². The number of alkyl halides is 3. The minimum atomic E-state index is -4.82. The molecule has 0 amide bonds. The van der Waals surface area contributed by atoms with E-state index in [1.54, 1.807) is 12.1 Å². The van der Waals surface area contributed by atoms with Crippen molar-refractivity contribution in [2.75, 3.05) is 0 Å². The van der Waals surface area contributed by atoms with Crippen molar-refractivity contribution < 1.29 is 21.6 Å². The van der Waals surface area contributed by atoms with Gasteiger partial charge in [0.05, 0.1) is 16.5 Å². The van der Waals surface area contributed by atoms with E-state index in [1.807, 2.05) is 0 Å². The lowest BCUT2D eigenvalue weighted by molar-refractivity contribution is -0.139. The van der Waals surface area contributed by atoms with Crippen LogP contribution in [0.5, 0.6) is 0 Å². The third kappa shape index (κ3) is 2.97. The number of nitriles is 1. The van der Waals surface area contributed by atoms with Crippen LogP contribution in [-0.4, -0.2) is 8.42 Å². The summed E-state index contributed by atoms with van der Waals surface area (Å²) >= 11 is 0. The van der Waals surface area contributed by atoms with Gasteiger partial charge in [0.2, 0.25) is 0 Å². The Morgan fingerprint density at radius 1 is 0.955 bits per heavy atom. The van der Waals surface area contributed by atoms with Gasteiger partial charge in [0.1, 0.15) is 0 Å². The van der Waals surface area contributed by atoms with Gasteiger partial charge in [-0.05, 0) is 17.7 Å². The standard InChI is InChI=1S/C15H10F3NO2S/c16-15(17,18)12-8-4-5-9-13(12)22(20,21)14(10-19)11-6-2-1-3-7-11/h1-9,14H. The van der Waals surface area contributed by atoms with Crippen LogP contribution in [0.4, 0.5) is 13.2 Å². The molecule has 1 atom stereocenters. The van der Waals surface area contributed by atoms with E-state index in [0.717, 1.165) is 12.1 Å². The molecule has 2 rings (SSSR count). The zero-order chi connectivity index (χ0) is 16.4. The first-order chi connectivity index (χ1) is 10.3. The van der Waals surface area contributed by atoms with Crippen molar-refractivity contribution in [1.29, 1.82) is 5.26 Å². The number of hydrogen-bond acceptors (Lipinski definition) is 3. The first-order valence-electron chi connectivity index (χ1n) is 6.13. The molecule has 0 bridgehead atoms. The summed E-state index contributed by atoms with van der Waals surface area (Å²) in [5, 5.41) is 7.46. The summed E-state index contributed by atoms with van der Waals surface area (Å²) in [5.74, 6) is 0. The number of benzene rings is 2. The normalized spacial score (nSPS) is 13.4. The summed E-state index contributed by atoms with van der Waals surface area (Å²) in [4.78, 5) is -0.891. The maximum atomic E-state index is 13.0. The molecule has 2 aromatic rings. The monoisotopic (exact) mass is 325 g/mol. The first kappa shape index (κ1) is 16.0. The Morgan fingerprint density at radius 3 is 2.05 bits per heavy atom. The molecule has 3 nitrogen and oxygen atoms in total. The van der Waals surface area contributed by atoms with E-state index in [4.69, 9.17) is 5.26 Å². The predicted molar refractivity (Wildman–Crippen MR) is 73.4 cm³/mol. The van der Waals surface area contributed by atoms with Gasteiger partial charge in [0.15, 0.2) is 15.1 Å². The number of rotatable bonds is 3. The van der Waals surface area contributed by atoms with Crippen molar-refractivity contribution in [3.8, 4) is 6.07 Å². The molecular weight excluding hydrogens is 315 g/mol. The number of halogens is 3. The molecule has 0 aromatic heterocycles. The first-order valence-corrected chi connectivity index (χ1v) is 7.68. The molecule has 0 heterocycles. The molecule has 0 saturated carbocycles. The van der Waals surface area contributed by atoms with Crippen molar-refractivity contribution in [3.05, 3.63) is 65.7 Å². The molecule has 0 aliphatic heterocycles. The fourth-order valence-corrected chi connectivity index (χ4v) is 3.69. The van der Waals surface area contributed by atoms with Gasteiger partial charge in [-0.25, -0.2) is 8.42 Å². The lowest BCUT2D eigenvalue weighted by Crippen LogP contribution is -2.18. The summed E-state index contributed by atoms with van der Waals surface area (Å²) in [6, 6.07) is 12.9. The molecule has 7 heteroatoms. The topological polar surface area (TPSA) is 57.9 Å². The predicted octanol–water partition coefficient (Wildman–Crippen LogP) is 3.74. The Bertz CT molecular complexity index is 809. The summed E-state index contributed by atoms with van der Waals surface area (Å²) in [7, 11) is -4.50. The maximum absolute atomic E-state index is 13.0. The highest BCUT2D eigenvalue weighted by Gasteiger charge is 2.40. The molecule has 2 aromatic carbocycles. The second-order valence-electron chi connectivity index (χ2n) is 4.46. The van der Waals surface area contributed by atoms with Crippen molar-refractivity contribution >= 4 is 9.84 Å². The molecule has 0 fully saturated rings. The van der Waals surface area contributed by atoms with E-state index in [9.17, 15) is 21.6 Å². The summed E-state index contributed by atoms with van der Waals surface area (Å²) in [5.41, 5.74) is -1.15. The molecule has 0 aliphatic carbocycles. The minimum Gasteiger partial charge on any atom is -0.222 e. The van der Waals surface area contributed by atoms with Crippen molar-refractivity contribution in [3.63, 3.8) is 0 Å². The Labute approximate surface area is 125 Å². The van der Waals surface area contributed by atoms with Crippen LogP contribution in [-0.2, 0) is 16.0 Å². The summed E-state index contributed by atoms with van der Waals surface area (Å²) in [6.45, 7) is 0. The average Bonchev–Trinajstić information content (AvgIpc) is 2.48. The smallest absolute Gasteiger partial charge is 0.222 e. The van der Waals surface area contributed by atoms with Crippen LogP contribution < -0.4 is 0 Å². The lowest BCUT2D eigenvalue weighted by atomic mass is 10.2. The van der Waals surface area contributed by atoms with Gasteiger partial charge in [-0.3, -0.25) is 0 Å². The Hall–Kier alpha value is -2.33. The largest absolute Gasteiger partial charge is 0.417 e. The van der Waals surface area contributed by atoms with Crippen molar-refractivity contribution in [2.45, 2.75) is 16.3 Å². The van der Waals surface area contributed by atoms with E-state index >= 15 is 0 Å². The quantitative estimate of drug-likeness (QED) is 0.863. The molecule has 0 N–H and O–H groups in total. The summed E-state index contributed by atoms with van der Waals surface area (Å²) in [6.07, 6.45) is -4.82. The third-order valence-corrected chi connectivity index (χ3v) is 5.00. The van der Waals surface area contributed by atoms with Crippen molar-refractivity contribution in [1.82, 2.24) is 0 Å². The number of hydrogen-bond donors (Lipinski definition) is 0. The molecule has 0 spiro atoms. The molecule has 0 saturated heterocycles. The van der Waals surface area contributed by atoms with E-state index in [2.05, 4.69) is 0 Å². The van der Waals surface area contributed by atoms with Crippen LogP contribution in [0.25, 0.3) is 0 Å². The number of nitrogens with zero attached hydrogens (tertiary/aromatic N) is 1. The third-order valence-electron chi connectivity index (χ3n) is 3.03. The van der Waals surface area contributed by atoms with Crippen LogP contribution in [0.1, 0.15) is 16.4 Å². The van der Waals surface area contributed by atoms with Crippen LogP contribution in [0.3, 0.4) is 0 Å². The second kappa shape index (κ2) is 5.81. The lowest BCUT2D eigenvalue weighted by Gasteiger charge is -2.16. The minimum absolute atomic E-state index is 0.127. The van der Waals surface area contributed by atoms with Gasteiger partial charge >= 0.3 is 6.18 Å². The van der Waals surface area contributed by atoms with Crippen molar-refractivity contribution in [2.24, 2.45) is 0 Å². The van der Waals surface area contributed by atoms with E-state index < -0.39 is 31.7 Å². The fraction of sp³-hybridized carbons (Fsp3) is 0.133. The molecule has 0 radical (unpaired) electrons. The number of sulfone groups is 1. The van der Waals surface area contributed by atoms with Crippen LogP contribution in [0, 0.1) is 11.3 Å². The van der Waals surface area contributed by atoms with Crippen LogP contribution in [0.2, 0.25) is 0 Å². The van der Waals surface area contributed by atoms with Crippen LogP contribution >= 0.6 is 0 Å². The van der Waals surface area contributed by atoms with Gasteiger partial charge < -0.3 is 0 Å². The van der Waals surface area contributed by atoms with Gasteiger partial charge in [-0.2, -0.15) is 18.4 Å². The van der Waals surface area contributed by atoms with E-state index in [0.29, 0.717) is 6.07 Å². The highest BCUT2D eigenvalue weighted by atomic mass is 32.2. The highest BCUT2D eigenvalue weighted by molar-refractivity contribution is 7.92. The zero-order valence-electron chi connectivity index (χ0n) is 11.1.